The molecule has 29 heavy (non-hydrogen) atoms. The molecule has 0 unspecified atom stereocenters. The molecule has 0 bridgehead atoms. The van der Waals surface area contributed by atoms with E-state index in [0.717, 1.165) is 0 Å². The first-order valence-corrected chi connectivity index (χ1v) is 11.5. The molecule has 2 aromatic carbocycles. The van der Waals surface area contributed by atoms with Crippen LogP contribution in [0.2, 0.25) is 0 Å². The summed E-state index contributed by atoms with van der Waals surface area (Å²) >= 11 is 0. The number of unbranched alkanes of at least 4 members (excludes halogenated alkanes) is 9. The third kappa shape index (κ3) is 13.5. The van der Waals surface area contributed by atoms with E-state index in [1.165, 1.54) is 87.3 Å². The number of nitrogens with two attached hydrogens (primary N) is 1. The first-order valence-electron chi connectivity index (χ1n) is 11.5. The van der Waals surface area contributed by atoms with Gasteiger partial charge in [0, 0.05) is 6.54 Å². The van der Waals surface area contributed by atoms with Gasteiger partial charge in [-0.2, -0.15) is 0 Å². The van der Waals surface area contributed by atoms with Crippen LogP contribution in [-0.4, -0.2) is 0 Å². The van der Waals surface area contributed by atoms with Crippen LogP contribution in [0.15, 0.2) is 48.5 Å². The molecule has 0 aliphatic carbocycles. The lowest BCUT2D eigenvalue weighted by Gasteiger charge is -2.08. The minimum atomic E-state index is 0. The highest BCUT2D eigenvalue weighted by Gasteiger charge is 2.00. The average molecular weight is 418 g/mol. The number of rotatable bonds is 12. The first kappa shape index (κ1) is 27.7. The van der Waals surface area contributed by atoms with Gasteiger partial charge >= 0.3 is 0 Å². The van der Waals surface area contributed by atoms with Gasteiger partial charge in [0.2, 0.25) is 0 Å². The molecule has 2 heteroatoms. The number of benzene rings is 2. The van der Waals surface area contributed by atoms with Crippen molar-refractivity contribution >= 4 is 12.4 Å². The van der Waals surface area contributed by atoms with Crippen molar-refractivity contribution in [1.29, 1.82) is 0 Å². The Labute approximate surface area is 186 Å². The van der Waals surface area contributed by atoms with Gasteiger partial charge in [-0.1, -0.05) is 113 Å². The molecule has 0 spiro atoms. The summed E-state index contributed by atoms with van der Waals surface area (Å²) in [6.45, 7) is 7.41. The van der Waals surface area contributed by atoms with Gasteiger partial charge in [-0.15, -0.1) is 12.4 Å². The van der Waals surface area contributed by atoms with E-state index in [1.807, 2.05) is 30.3 Å². The molecule has 2 N–H and O–H groups in total. The molecule has 0 heterocycles. The molecule has 0 aromatic heterocycles. The zero-order valence-electron chi connectivity index (χ0n) is 19.1. The Balaban J connectivity index is 0.000000729. The topological polar surface area (TPSA) is 26.0 Å². The first-order chi connectivity index (χ1) is 13.7. The van der Waals surface area contributed by atoms with Crippen LogP contribution in [0.1, 0.15) is 93.4 Å². The van der Waals surface area contributed by atoms with Gasteiger partial charge in [-0.05, 0) is 48.9 Å². The zero-order valence-corrected chi connectivity index (χ0v) is 19.9. The lowest BCUT2D eigenvalue weighted by molar-refractivity contribution is 0.556. The average Bonchev–Trinajstić information content (AvgIpc) is 2.73. The summed E-state index contributed by atoms with van der Waals surface area (Å²) in [4.78, 5) is 0. The van der Waals surface area contributed by atoms with Gasteiger partial charge in [-0.3, -0.25) is 0 Å². The maximum atomic E-state index is 5.35. The number of aryl methyl sites for hydroxylation is 2. The smallest absolute Gasteiger partial charge is 0.0178 e. The summed E-state index contributed by atoms with van der Waals surface area (Å²) in [6, 6.07) is 16.7. The van der Waals surface area contributed by atoms with E-state index in [4.69, 9.17) is 5.73 Å². The van der Waals surface area contributed by atoms with Crippen molar-refractivity contribution in [2.75, 3.05) is 0 Å². The second kappa shape index (κ2) is 18.7. The standard InChI is InChI=1S/C20H34.C7H9N.ClH/c1-4-5-6-7-8-9-10-11-12-13-16-20-17-14-15-18(2)19(20)3;8-6-7-4-2-1-3-5-7;/h14-15,17H,4-13,16H2,1-3H3;1-5H,6,8H2;1H. The van der Waals surface area contributed by atoms with Crippen molar-refractivity contribution in [3.63, 3.8) is 0 Å². The fraction of sp³-hybridized carbons (Fsp3) is 0.556. The summed E-state index contributed by atoms with van der Waals surface area (Å²) in [6.07, 6.45) is 15.5. The molecular formula is C27H44ClN. The predicted molar refractivity (Wildman–Crippen MR) is 133 cm³/mol. The molecule has 0 aliphatic rings. The largest absolute Gasteiger partial charge is 0.326 e. The van der Waals surface area contributed by atoms with E-state index < -0.39 is 0 Å². The van der Waals surface area contributed by atoms with E-state index in [2.05, 4.69) is 39.0 Å². The molecule has 0 saturated carbocycles. The van der Waals surface area contributed by atoms with Gasteiger partial charge in [0.25, 0.3) is 0 Å². The van der Waals surface area contributed by atoms with E-state index in [9.17, 15) is 0 Å². The highest BCUT2D eigenvalue weighted by atomic mass is 35.5. The molecule has 0 aliphatic heterocycles. The van der Waals surface area contributed by atoms with E-state index in [0.29, 0.717) is 6.54 Å². The van der Waals surface area contributed by atoms with E-state index in [1.54, 1.807) is 5.56 Å². The van der Waals surface area contributed by atoms with Crippen LogP contribution in [0, 0.1) is 13.8 Å². The SMILES string of the molecule is CCCCCCCCCCCCc1cccc(C)c1C.Cl.NCc1ccccc1. The quantitative estimate of drug-likeness (QED) is 0.345. The van der Waals surface area contributed by atoms with Gasteiger partial charge in [0.15, 0.2) is 0 Å². The normalized spacial score (nSPS) is 10.1. The molecule has 2 rings (SSSR count). The van der Waals surface area contributed by atoms with Crippen molar-refractivity contribution in [3.05, 3.63) is 70.8 Å². The fourth-order valence-corrected chi connectivity index (χ4v) is 3.50. The summed E-state index contributed by atoms with van der Waals surface area (Å²) < 4.78 is 0. The lowest BCUT2D eigenvalue weighted by atomic mass is 9.98. The van der Waals surface area contributed by atoms with Crippen LogP contribution in [0.3, 0.4) is 0 Å². The van der Waals surface area contributed by atoms with Crippen LogP contribution in [0.25, 0.3) is 0 Å². The maximum Gasteiger partial charge on any atom is 0.0178 e. The zero-order chi connectivity index (χ0) is 20.5. The van der Waals surface area contributed by atoms with Gasteiger partial charge in [-0.25, -0.2) is 0 Å². The van der Waals surface area contributed by atoms with E-state index >= 15 is 0 Å². The molecule has 0 fully saturated rings. The lowest BCUT2D eigenvalue weighted by Crippen LogP contribution is -1.94. The number of hydrogen-bond acceptors (Lipinski definition) is 1. The Morgan fingerprint density at radius 2 is 1.21 bits per heavy atom. The molecule has 164 valence electrons. The van der Waals surface area contributed by atoms with Crippen molar-refractivity contribution in [2.24, 2.45) is 5.73 Å². The van der Waals surface area contributed by atoms with Crippen LogP contribution in [0.5, 0.6) is 0 Å². The van der Waals surface area contributed by atoms with Crippen molar-refractivity contribution in [1.82, 2.24) is 0 Å². The Hall–Kier alpha value is -1.31. The summed E-state index contributed by atoms with van der Waals surface area (Å²) in [7, 11) is 0. The Bertz CT molecular complexity index is 609. The van der Waals surface area contributed by atoms with Gasteiger partial charge in [0.1, 0.15) is 0 Å². The molecule has 0 amide bonds. The molecule has 1 nitrogen and oxygen atoms in total. The van der Waals surface area contributed by atoms with Crippen molar-refractivity contribution < 1.29 is 0 Å². The second-order valence-electron chi connectivity index (χ2n) is 7.98. The van der Waals surface area contributed by atoms with E-state index in [-0.39, 0.29) is 12.4 Å². The number of halogens is 1. The highest BCUT2D eigenvalue weighted by Crippen LogP contribution is 2.16. The van der Waals surface area contributed by atoms with Crippen LogP contribution in [-0.2, 0) is 13.0 Å². The van der Waals surface area contributed by atoms with Gasteiger partial charge < -0.3 is 5.73 Å². The number of hydrogen-bond donors (Lipinski definition) is 1. The second-order valence-corrected chi connectivity index (χ2v) is 7.98. The van der Waals surface area contributed by atoms with Gasteiger partial charge in [0.05, 0.1) is 0 Å². The molecule has 2 aromatic rings. The summed E-state index contributed by atoms with van der Waals surface area (Å²) in [5, 5.41) is 0. The fourth-order valence-electron chi connectivity index (χ4n) is 3.50. The summed E-state index contributed by atoms with van der Waals surface area (Å²) in [5.41, 5.74) is 11.0. The van der Waals surface area contributed by atoms with Crippen LogP contribution in [0.4, 0.5) is 0 Å². The predicted octanol–water partition coefficient (Wildman–Crippen LogP) is 8.33. The Morgan fingerprint density at radius 3 is 1.72 bits per heavy atom. The highest BCUT2D eigenvalue weighted by molar-refractivity contribution is 5.85. The molecular weight excluding hydrogens is 374 g/mol. The van der Waals surface area contributed by atoms with Crippen molar-refractivity contribution in [2.45, 2.75) is 97.9 Å². The summed E-state index contributed by atoms with van der Waals surface area (Å²) in [5.74, 6) is 0. The Morgan fingerprint density at radius 1 is 0.655 bits per heavy atom. The third-order valence-corrected chi connectivity index (χ3v) is 5.60. The third-order valence-electron chi connectivity index (χ3n) is 5.60. The molecule has 0 radical (unpaired) electrons. The maximum absolute atomic E-state index is 5.35. The molecule has 0 saturated heterocycles. The Kier molecular flexibility index (Phi) is 17.9. The monoisotopic (exact) mass is 417 g/mol. The minimum absolute atomic E-state index is 0. The minimum Gasteiger partial charge on any atom is -0.326 e. The van der Waals surface area contributed by atoms with Crippen molar-refractivity contribution in [3.8, 4) is 0 Å². The van der Waals surface area contributed by atoms with Crippen LogP contribution >= 0.6 is 12.4 Å². The molecule has 0 atom stereocenters. The van der Waals surface area contributed by atoms with Crippen LogP contribution < -0.4 is 5.73 Å².